The van der Waals surface area contributed by atoms with Gasteiger partial charge >= 0.3 is 0 Å². The zero-order valence-corrected chi connectivity index (χ0v) is 13.0. The van der Waals surface area contributed by atoms with Gasteiger partial charge in [0.2, 0.25) is 0 Å². The molecule has 3 aromatic rings. The Kier molecular flexibility index (Phi) is 3.26. The van der Waals surface area contributed by atoms with Crippen molar-refractivity contribution in [1.82, 2.24) is 4.98 Å². The Balaban J connectivity index is 1.98. The first-order valence-corrected chi connectivity index (χ1v) is 7.23. The van der Waals surface area contributed by atoms with Crippen LogP contribution in [0, 0.1) is 13.8 Å². The lowest BCUT2D eigenvalue weighted by molar-refractivity contribution is 0.545. The van der Waals surface area contributed by atoms with Crippen LogP contribution in [0.4, 0.5) is 5.69 Å². The van der Waals surface area contributed by atoms with Crippen LogP contribution >= 0.6 is 15.9 Å². The van der Waals surface area contributed by atoms with E-state index in [1.807, 2.05) is 12.1 Å². The summed E-state index contributed by atoms with van der Waals surface area (Å²) in [6, 6.07) is 10.1. The second-order valence-electron chi connectivity index (χ2n) is 5.05. The summed E-state index contributed by atoms with van der Waals surface area (Å²) in [5.74, 6) is 0.688. The molecule has 0 aliphatic rings. The maximum absolute atomic E-state index is 5.94. The molecule has 0 saturated carbocycles. The number of fused-ring (bicyclic) bond motifs is 1. The van der Waals surface area contributed by atoms with Gasteiger partial charge in [-0.2, -0.15) is 0 Å². The fraction of sp³-hybridized carbons (Fsp3) is 0.188. The van der Waals surface area contributed by atoms with Gasteiger partial charge in [0, 0.05) is 10.9 Å². The first-order chi connectivity index (χ1) is 9.52. The van der Waals surface area contributed by atoms with Gasteiger partial charge in [-0.1, -0.05) is 34.1 Å². The number of rotatable bonds is 2. The van der Waals surface area contributed by atoms with E-state index in [1.54, 1.807) is 0 Å². The smallest absolute Gasteiger partial charge is 0.200 e. The summed E-state index contributed by atoms with van der Waals surface area (Å²) in [4.78, 5) is 4.51. The molecule has 0 saturated heterocycles. The standard InChI is InChI=1S/C16H15BrN2O/c1-9-3-4-11(5-10(9)2)6-15-19-14-8-12(17)7-13(18)16(14)20-15/h3-5,7-8H,6,18H2,1-2H3. The van der Waals surface area contributed by atoms with E-state index in [2.05, 4.69) is 53.0 Å². The Morgan fingerprint density at radius 3 is 2.70 bits per heavy atom. The molecule has 2 N–H and O–H groups in total. The van der Waals surface area contributed by atoms with Gasteiger partial charge in [0.15, 0.2) is 11.5 Å². The second-order valence-corrected chi connectivity index (χ2v) is 5.96. The highest BCUT2D eigenvalue weighted by atomic mass is 79.9. The molecular weight excluding hydrogens is 316 g/mol. The Bertz CT molecular complexity index is 793. The van der Waals surface area contributed by atoms with Crippen molar-refractivity contribution >= 4 is 32.7 Å². The summed E-state index contributed by atoms with van der Waals surface area (Å²) in [5.41, 5.74) is 11.8. The summed E-state index contributed by atoms with van der Waals surface area (Å²) >= 11 is 3.42. The zero-order chi connectivity index (χ0) is 14.3. The molecule has 4 heteroatoms. The highest BCUT2D eigenvalue weighted by Gasteiger charge is 2.10. The van der Waals surface area contributed by atoms with E-state index in [-0.39, 0.29) is 0 Å². The molecule has 3 rings (SSSR count). The molecule has 0 spiro atoms. The van der Waals surface area contributed by atoms with Gasteiger partial charge in [-0.3, -0.25) is 0 Å². The van der Waals surface area contributed by atoms with Gasteiger partial charge in [-0.05, 0) is 42.7 Å². The highest BCUT2D eigenvalue weighted by Crippen LogP contribution is 2.27. The van der Waals surface area contributed by atoms with E-state index < -0.39 is 0 Å². The summed E-state index contributed by atoms with van der Waals surface area (Å²) in [6.07, 6.45) is 0.673. The Labute approximate surface area is 125 Å². The number of benzene rings is 2. The molecule has 1 aromatic heterocycles. The Morgan fingerprint density at radius 2 is 1.95 bits per heavy atom. The van der Waals surface area contributed by atoms with Crippen molar-refractivity contribution < 1.29 is 4.42 Å². The van der Waals surface area contributed by atoms with Crippen LogP contribution in [0.25, 0.3) is 11.1 Å². The van der Waals surface area contributed by atoms with Gasteiger partial charge < -0.3 is 10.2 Å². The lowest BCUT2D eigenvalue weighted by Crippen LogP contribution is -1.90. The van der Waals surface area contributed by atoms with Crippen molar-refractivity contribution in [2.24, 2.45) is 0 Å². The van der Waals surface area contributed by atoms with Crippen LogP contribution in [0.2, 0.25) is 0 Å². The SMILES string of the molecule is Cc1ccc(Cc2nc3cc(Br)cc(N)c3o2)cc1C. The van der Waals surface area contributed by atoms with Gasteiger partial charge in [0.25, 0.3) is 0 Å². The van der Waals surface area contributed by atoms with E-state index in [0.717, 1.165) is 9.99 Å². The number of anilines is 1. The van der Waals surface area contributed by atoms with Crippen molar-refractivity contribution in [1.29, 1.82) is 0 Å². The molecule has 1 heterocycles. The van der Waals surface area contributed by atoms with E-state index >= 15 is 0 Å². The average Bonchev–Trinajstić information content (AvgIpc) is 2.76. The van der Waals surface area contributed by atoms with E-state index in [9.17, 15) is 0 Å². The minimum absolute atomic E-state index is 0.605. The Hall–Kier alpha value is -1.81. The van der Waals surface area contributed by atoms with Gasteiger partial charge in [-0.25, -0.2) is 4.98 Å². The minimum Gasteiger partial charge on any atom is -0.438 e. The summed E-state index contributed by atoms with van der Waals surface area (Å²) in [5, 5.41) is 0. The van der Waals surface area contributed by atoms with Gasteiger partial charge in [0.1, 0.15) is 5.52 Å². The summed E-state index contributed by atoms with van der Waals surface area (Å²) in [7, 11) is 0. The average molecular weight is 331 g/mol. The van der Waals surface area contributed by atoms with E-state index in [0.29, 0.717) is 23.6 Å². The predicted octanol–water partition coefficient (Wildman–Crippen LogP) is 4.38. The van der Waals surface area contributed by atoms with Crippen LogP contribution in [0.5, 0.6) is 0 Å². The second kappa shape index (κ2) is 4.94. The van der Waals surface area contributed by atoms with Crippen molar-refractivity contribution in [3.63, 3.8) is 0 Å². The van der Waals surface area contributed by atoms with Crippen molar-refractivity contribution in [3.05, 3.63) is 57.4 Å². The third kappa shape index (κ3) is 2.43. The Morgan fingerprint density at radius 1 is 1.15 bits per heavy atom. The van der Waals surface area contributed by atoms with Gasteiger partial charge in [0.05, 0.1) is 5.69 Å². The monoisotopic (exact) mass is 330 g/mol. The van der Waals surface area contributed by atoms with Crippen LogP contribution in [-0.2, 0) is 6.42 Å². The van der Waals surface area contributed by atoms with E-state index in [1.165, 1.54) is 16.7 Å². The number of halogens is 1. The molecule has 0 amide bonds. The first-order valence-electron chi connectivity index (χ1n) is 6.43. The highest BCUT2D eigenvalue weighted by molar-refractivity contribution is 9.10. The molecule has 20 heavy (non-hydrogen) atoms. The lowest BCUT2D eigenvalue weighted by Gasteiger charge is -2.02. The molecule has 0 atom stereocenters. The third-order valence-corrected chi connectivity index (χ3v) is 3.91. The zero-order valence-electron chi connectivity index (χ0n) is 11.4. The number of oxazole rings is 1. The van der Waals surface area contributed by atoms with Crippen LogP contribution in [0.3, 0.4) is 0 Å². The molecule has 3 nitrogen and oxygen atoms in total. The van der Waals surface area contributed by atoms with Crippen LogP contribution in [-0.4, -0.2) is 4.98 Å². The lowest BCUT2D eigenvalue weighted by atomic mass is 10.0. The molecule has 0 aliphatic heterocycles. The maximum Gasteiger partial charge on any atom is 0.200 e. The predicted molar refractivity (Wildman–Crippen MR) is 84.8 cm³/mol. The number of nitrogen functional groups attached to an aromatic ring is 1. The number of hydrogen-bond acceptors (Lipinski definition) is 3. The van der Waals surface area contributed by atoms with Crippen molar-refractivity contribution in [2.45, 2.75) is 20.3 Å². The number of aryl methyl sites for hydroxylation is 2. The van der Waals surface area contributed by atoms with E-state index in [4.69, 9.17) is 10.2 Å². The molecule has 0 aliphatic carbocycles. The fourth-order valence-electron chi connectivity index (χ4n) is 2.23. The number of nitrogens with two attached hydrogens (primary N) is 1. The first kappa shape index (κ1) is 13.2. The van der Waals surface area contributed by atoms with Crippen LogP contribution < -0.4 is 5.73 Å². The molecule has 2 aromatic carbocycles. The largest absolute Gasteiger partial charge is 0.438 e. The molecule has 0 radical (unpaired) electrons. The molecule has 0 fully saturated rings. The molecule has 0 unspecified atom stereocenters. The fourth-order valence-corrected chi connectivity index (χ4v) is 2.70. The summed E-state index contributed by atoms with van der Waals surface area (Å²) < 4.78 is 6.68. The third-order valence-electron chi connectivity index (χ3n) is 3.45. The van der Waals surface area contributed by atoms with Crippen molar-refractivity contribution in [2.75, 3.05) is 5.73 Å². The molecule has 102 valence electrons. The number of nitrogens with zero attached hydrogens (tertiary/aromatic N) is 1. The topological polar surface area (TPSA) is 52.0 Å². The minimum atomic E-state index is 0.605. The normalized spacial score (nSPS) is 11.2. The van der Waals surface area contributed by atoms with Crippen LogP contribution in [0.15, 0.2) is 39.2 Å². The van der Waals surface area contributed by atoms with Crippen LogP contribution in [0.1, 0.15) is 22.6 Å². The van der Waals surface area contributed by atoms with Gasteiger partial charge in [-0.15, -0.1) is 0 Å². The van der Waals surface area contributed by atoms with Crippen molar-refractivity contribution in [3.8, 4) is 0 Å². The molecule has 0 bridgehead atoms. The maximum atomic E-state index is 5.94. The summed E-state index contributed by atoms with van der Waals surface area (Å²) in [6.45, 7) is 4.22. The number of hydrogen-bond donors (Lipinski definition) is 1. The number of aromatic nitrogens is 1. The quantitative estimate of drug-likeness (QED) is 0.709. The molecular formula is C16H15BrN2O.